The van der Waals surface area contributed by atoms with Gasteiger partial charge in [-0.05, 0) is 49.3 Å². The van der Waals surface area contributed by atoms with E-state index in [1.54, 1.807) is 0 Å². The summed E-state index contributed by atoms with van der Waals surface area (Å²) < 4.78 is 0. The van der Waals surface area contributed by atoms with Crippen molar-refractivity contribution < 1.29 is 9.59 Å². The van der Waals surface area contributed by atoms with Crippen LogP contribution in [-0.2, 0) is 11.2 Å². The van der Waals surface area contributed by atoms with Crippen molar-refractivity contribution in [2.75, 3.05) is 6.54 Å². The van der Waals surface area contributed by atoms with E-state index in [2.05, 4.69) is 22.3 Å². The highest BCUT2D eigenvalue weighted by Crippen LogP contribution is 2.52. The molecule has 2 saturated carbocycles. The van der Waals surface area contributed by atoms with Crippen LogP contribution in [0.4, 0.5) is 0 Å². The van der Waals surface area contributed by atoms with E-state index in [4.69, 9.17) is 0 Å². The molecule has 2 amide bonds. The smallest absolute Gasteiger partial charge is 0.254 e. The Hall–Kier alpha value is -2.62. The molecule has 5 rings (SSSR count). The SMILES string of the molecule is O=C(NCCc1ccccc1)C1c2ccccc2C(=O)N(C2CCCC2)C12CCCC2. The number of nitrogens with one attached hydrogen (secondary N) is 1. The maximum atomic E-state index is 13.7. The van der Waals surface area contributed by atoms with Gasteiger partial charge >= 0.3 is 0 Å². The third-order valence-corrected chi connectivity index (χ3v) is 7.72. The van der Waals surface area contributed by atoms with Crippen LogP contribution in [0, 0.1) is 0 Å². The zero-order valence-electron chi connectivity index (χ0n) is 18.2. The second-order valence-corrected chi connectivity index (χ2v) is 9.47. The van der Waals surface area contributed by atoms with Crippen molar-refractivity contribution >= 4 is 11.8 Å². The molecule has 0 radical (unpaired) electrons. The van der Waals surface area contributed by atoms with Gasteiger partial charge in [0.25, 0.3) is 5.91 Å². The number of carbonyl (C=O) groups excluding carboxylic acids is 2. The van der Waals surface area contributed by atoms with Crippen LogP contribution < -0.4 is 5.32 Å². The third-order valence-electron chi connectivity index (χ3n) is 7.72. The van der Waals surface area contributed by atoms with Crippen LogP contribution in [0.2, 0.25) is 0 Å². The van der Waals surface area contributed by atoms with E-state index in [-0.39, 0.29) is 29.3 Å². The highest BCUT2D eigenvalue weighted by atomic mass is 16.2. The van der Waals surface area contributed by atoms with Crippen molar-refractivity contribution in [2.24, 2.45) is 0 Å². The summed E-state index contributed by atoms with van der Waals surface area (Å²) in [5.74, 6) is -0.0428. The van der Waals surface area contributed by atoms with Crippen molar-refractivity contribution in [1.29, 1.82) is 0 Å². The molecule has 2 aliphatic carbocycles. The van der Waals surface area contributed by atoms with Gasteiger partial charge in [-0.1, -0.05) is 74.2 Å². The maximum Gasteiger partial charge on any atom is 0.254 e. The number of amides is 2. The van der Waals surface area contributed by atoms with E-state index < -0.39 is 0 Å². The molecule has 0 bridgehead atoms. The normalized spacial score (nSPS) is 22.6. The molecule has 2 aromatic carbocycles. The minimum atomic E-state index is -0.364. The molecule has 3 aliphatic rings. The predicted octanol–water partition coefficient (Wildman–Crippen LogP) is 4.84. The summed E-state index contributed by atoms with van der Waals surface area (Å²) in [6, 6.07) is 18.4. The lowest BCUT2D eigenvalue weighted by molar-refractivity contribution is -0.126. The Kier molecular flexibility index (Phi) is 5.56. The molecule has 1 atom stereocenters. The fraction of sp³-hybridized carbons (Fsp3) is 0.481. The number of fused-ring (bicyclic) bond motifs is 1. The van der Waals surface area contributed by atoms with E-state index in [9.17, 15) is 9.59 Å². The van der Waals surface area contributed by atoms with Crippen LogP contribution in [0.25, 0.3) is 0 Å². The minimum Gasteiger partial charge on any atom is -0.355 e. The molecule has 2 fully saturated rings. The first kappa shape index (κ1) is 20.3. The highest BCUT2D eigenvalue weighted by Gasteiger charge is 2.57. The molecule has 1 heterocycles. The van der Waals surface area contributed by atoms with E-state index >= 15 is 0 Å². The van der Waals surface area contributed by atoms with E-state index in [0.717, 1.165) is 56.1 Å². The van der Waals surface area contributed by atoms with Crippen molar-refractivity contribution in [3.8, 4) is 0 Å². The molecular formula is C27H32N2O2. The first-order chi connectivity index (χ1) is 15.2. The number of benzene rings is 2. The van der Waals surface area contributed by atoms with Gasteiger partial charge in [0.15, 0.2) is 0 Å². The number of nitrogens with zero attached hydrogens (tertiary/aromatic N) is 1. The Balaban J connectivity index is 1.47. The fourth-order valence-corrected chi connectivity index (χ4v) is 6.37. The monoisotopic (exact) mass is 416 g/mol. The molecule has 31 heavy (non-hydrogen) atoms. The van der Waals surface area contributed by atoms with Crippen LogP contribution in [0.5, 0.6) is 0 Å². The molecule has 2 aromatic rings. The summed E-state index contributed by atoms with van der Waals surface area (Å²) in [6.45, 7) is 0.620. The average Bonchev–Trinajstić information content (AvgIpc) is 3.48. The molecule has 4 nitrogen and oxygen atoms in total. The van der Waals surface area contributed by atoms with Crippen LogP contribution in [0.15, 0.2) is 54.6 Å². The molecule has 0 aromatic heterocycles. The minimum absolute atomic E-state index is 0.0841. The van der Waals surface area contributed by atoms with Crippen molar-refractivity contribution in [3.05, 3.63) is 71.3 Å². The molecule has 1 unspecified atom stereocenters. The fourth-order valence-electron chi connectivity index (χ4n) is 6.37. The van der Waals surface area contributed by atoms with Gasteiger partial charge in [-0.15, -0.1) is 0 Å². The third kappa shape index (κ3) is 3.56. The van der Waals surface area contributed by atoms with Crippen molar-refractivity contribution in [2.45, 2.75) is 75.3 Å². The largest absolute Gasteiger partial charge is 0.355 e. The number of carbonyl (C=O) groups is 2. The van der Waals surface area contributed by atoms with Crippen LogP contribution in [0.1, 0.15) is 78.8 Å². The standard InChI is InChI=1S/C27H32N2O2/c30-25(28-19-16-20-10-2-1-3-11-20)24-22-14-6-7-15-23(22)26(31)29(21-12-4-5-13-21)27(24)17-8-9-18-27/h1-3,6-7,10-11,14-15,21,24H,4-5,8-9,12-13,16-19H2,(H,28,30). The van der Waals surface area contributed by atoms with Crippen LogP contribution in [0.3, 0.4) is 0 Å². The van der Waals surface area contributed by atoms with Crippen LogP contribution in [-0.4, -0.2) is 34.8 Å². The zero-order valence-corrected chi connectivity index (χ0v) is 18.2. The van der Waals surface area contributed by atoms with E-state index in [1.807, 2.05) is 42.5 Å². The van der Waals surface area contributed by atoms with Crippen molar-refractivity contribution in [1.82, 2.24) is 10.2 Å². The lowest BCUT2D eigenvalue weighted by Gasteiger charge is -2.52. The molecule has 1 aliphatic heterocycles. The summed E-state index contributed by atoms with van der Waals surface area (Å²) >= 11 is 0. The first-order valence-corrected chi connectivity index (χ1v) is 11.9. The summed E-state index contributed by atoms with van der Waals surface area (Å²) in [6.07, 6.45) is 9.36. The summed E-state index contributed by atoms with van der Waals surface area (Å²) in [7, 11) is 0. The van der Waals surface area contributed by atoms with Gasteiger partial charge in [0.2, 0.25) is 5.91 Å². The molecule has 1 N–H and O–H groups in total. The Morgan fingerprint density at radius 3 is 2.35 bits per heavy atom. The van der Waals surface area contributed by atoms with Gasteiger partial charge in [-0.25, -0.2) is 0 Å². The molecular weight excluding hydrogens is 384 g/mol. The molecule has 1 spiro atoms. The van der Waals surface area contributed by atoms with Crippen LogP contribution >= 0.6 is 0 Å². The van der Waals surface area contributed by atoms with Gasteiger partial charge in [-0.2, -0.15) is 0 Å². The van der Waals surface area contributed by atoms with Crippen molar-refractivity contribution in [3.63, 3.8) is 0 Å². The maximum absolute atomic E-state index is 13.7. The van der Waals surface area contributed by atoms with Gasteiger partial charge < -0.3 is 10.2 Å². The molecule has 162 valence electrons. The Morgan fingerprint density at radius 2 is 1.61 bits per heavy atom. The Morgan fingerprint density at radius 1 is 0.935 bits per heavy atom. The second-order valence-electron chi connectivity index (χ2n) is 9.47. The van der Waals surface area contributed by atoms with Gasteiger partial charge in [-0.3, -0.25) is 9.59 Å². The zero-order chi connectivity index (χ0) is 21.3. The predicted molar refractivity (Wildman–Crippen MR) is 122 cm³/mol. The first-order valence-electron chi connectivity index (χ1n) is 11.9. The Labute approximate surface area is 185 Å². The second kappa shape index (κ2) is 8.49. The van der Waals surface area contributed by atoms with Gasteiger partial charge in [0.1, 0.15) is 0 Å². The number of hydrogen-bond acceptors (Lipinski definition) is 2. The quantitative estimate of drug-likeness (QED) is 0.758. The molecule has 0 saturated heterocycles. The summed E-state index contributed by atoms with van der Waals surface area (Å²) in [5, 5.41) is 3.24. The highest BCUT2D eigenvalue weighted by molar-refractivity contribution is 6.02. The lowest BCUT2D eigenvalue weighted by Crippen LogP contribution is -2.63. The number of rotatable bonds is 5. The van der Waals surface area contributed by atoms with Gasteiger partial charge in [0, 0.05) is 18.2 Å². The topological polar surface area (TPSA) is 49.4 Å². The average molecular weight is 417 g/mol. The summed E-state index contributed by atoms with van der Waals surface area (Å²) in [4.78, 5) is 29.6. The number of hydrogen-bond donors (Lipinski definition) is 1. The molecule has 4 heteroatoms. The van der Waals surface area contributed by atoms with E-state index in [1.165, 1.54) is 18.4 Å². The van der Waals surface area contributed by atoms with E-state index in [0.29, 0.717) is 6.54 Å². The summed E-state index contributed by atoms with van der Waals surface area (Å²) in [5.41, 5.74) is 2.53. The lowest BCUT2D eigenvalue weighted by atomic mass is 9.70. The van der Waals surface area contributed by atoms with Gasteiger partial charge in [0.05, 0.1) is 11.5 Å². The Bertz CT molecular complexity index is 943.